The Kier molecular flexibility index (Phi) is 4.75. The SMILES string of the molecule is COc1ccc2c(c1)CCC(c1nc3cc(C(=O)O)ccc3nc1-c1ccccc1)N2. The molecule has 1 atom stereocenters. The van der Waals surface area contributed by atoms with Crippen LogP contribution in [0.4, 0.5) is 5.69 Å². The number of benzene rings is 3. The van der Waals surface area contributed by atoms with E-state index >= 15 is 0 Å². The summed E-state index contributed by atoms with van der Waals surface area (Å²) >= 11 is 0. The molecule has 0 spiro atoms. The van der Waals surface area contributed by atoms with E-state index in [2.05, 4.69) is 11.4 Å². The van der Waals surface area contributed by atoms with Crippen molar-refractivity contribution in [2.45, 2.75) is 18.9 Å². The minimum absolute atomic E-state index is 0.0403. The van der Waals surface area contributed by atoms with Crippen LogP contribution >= 0.6 is 0 Å². The summed E-state index contributed by atoms with van der Waals surface area (Å²) < 4.78 is 5.35. The van der Waals surface area contributed by atoms with Gasteiger partial charge in [0.05, 0.1) is 41.1 Å². The van der Waals surface area contributed by atoms with Crippen LogP contribution in [-0.4, -0.2) is 28.2 Å². The summed E-state index contributed by atoms with van der Waals surface area (Å²) in [5.41, 5.74) is 6.33. The summed E-state index contributed by atoms with van der Waals surface area (Å²) in [5, 5.41) is 13.0. The van der Waals surface area contributed by atoms with Gasteiger partial charge in [0, 0.05) is 11.3 Å². The molecule has 1 aliphatic rings. The molecule has 6 heteroatoms. The number of nitrogens with zero attached hydrogens (tertiary/aromatic N) is 2. The highest BCUT2D eigenvalue weighted by atomic mass is 16.5. The van der Waals surface area contributed by atoms with E-state index in [1.165, 1.54) is 5.56 Å². The lowest BCUT2D eigenvalue weighted by Crippen LogP contribution is -2.20. The van der Waals surface area contributed by atoms with Crippen LogP contribution in [0.3, 0.4) is 0 Å². The average Bonchev–Trinajstić information content (AvgIpc) is 2.82. The Bertz CT molecular complexity index is 1290. The van der Waals surface area contributed by atoms with Crippen molar-refractivity contribution in [1.82, 2.24) is 9.97 Å². The van der Waals surface area contributed by atoms with Gasteiger partial charge < -0.3 is 15.2 Å². The number of hydrogen-bond donors (Lipinski definition) is 2. The van der Waals surface area contributed by atoms with E-state index in [-0.39, 0.29) is 11.6 Å². The van der Waals surface area contributed by atoms with Gasteiger partial charge in [-0.2, -0.15) is 0 Å². The fourth-order valence-electron chi connectivity index (χ4n) is 4.06. The van der Waals surface area contributed by atoms with Crippen molar-refractivity contribution in [3.63, 3.8) is 0 Å². The summed E-state index contributed by atoms with van der Waals surface area (Å²) in [5.74, 6) is -0.133. The highest BCUT2D eigenvalue weighted by Crippen LogP contribution is 2.37. The first-order chi connectivity index (χ1) is 15.1. The number of anilines is 1. The lowest BCUT2D eigenvalue weighted by atomic mass is 9.93. The molecule has 2 heterocycles. The summed E-state index contributed by atoms with van der Waals surface area (Å²) in [6.07, 6.45) is 1.73. The fraction of sp³-hybridized carbons (Fsp3) is 0.160. The first kappa shape index (κ1) is 19.1. The van der Waals surface area contributed by atoms with Gasteiger partial charge in [-0.15, -0.1) is 0 Å². The predicted octanol–water partition coefficient (Wildman–Crippen LogP) is 5.10. The standard InChI is InChI=1S/C25H21N3O3/c1-31-18-9-12-19-16(13-18)7-11-21(26-19)24-23(15-5-3-2-4-6-15)27-20-10-8-17(25(29)30)14-22(20)28-24/h2-6,8-10,12-14,21,26H,7,11H2,1H3,(H,29,30). The van der Waals surface area contributed by atoms with E-state index in [0.717, 1.165) is 41.2 Å². The Labute approximate surface area is 179 Å². The number of rotatable bonds is 4. The molecule has 5 rings (SSSR count). The van der Waals surface area contributed by atoms with Gasteiger partial charge in [-0.05, 0) is 54.8 Å². The first-order valence-electron chi connectivity index (χ1n) is 10.2. The second-order valence-corrected chi connectivity index (χ2v) is 7.59. The number of ether oxygens (including phenoxy) is 1. The average molecular weight is 411 g/mol. The molecule has 4 aromatic rings. The fourth-order valence-corrected chi connectivity index (χ4v) is 4.06. The van der Waals surface area contributed by atoms with Crippen molar-refractivity contribution in [2.75, 3.05) is 12.4 Å². The number of carbonyl (C=O) groups is 1. The Balaban J connectivity index is 1.63. The van der Waals surface area contributed by atoms with E-state index in [1.807, 2.05) is 42.5 Å². The van der Waals surface area contributed by atoms with E-state index in [0.29, 0.717) is 11.0 Å². The number of fused-ring (bicyclic) bond motifs is 2. The first-order valence-corrected chi connectivity index (χ1v) is 10.2. The van der Waals surface area contributed by atoms with Crippen LogP contribution in [0.1, 0.15) is 34.1 Å². The molecule has 0 saturated carbocycles. The van der Waals surface area contributed by atoms with Gasteiger partial charge in [0.1, 0.15) is 5.75 Å². The Hall–Kier alpha value is -3.93. The minimum Gasteiger partial charge on any atom is -0.497 e. The third-order valence-electron chi connectivity index (χ3n) is 5.66. The zero-order valence-corrected chi connectivity index (χ0v) is 17.0. The van der Waals surface area contributed by atoms with Crippen LogP contribution in [-0.2, 0) is 6.42 Å². The van der Waals surface area contributed by atoms with Crippen molar-refractivity contribution in [3.05, 3.63) is 83.6 Å². The van der Waals surface area contributed by atoms with Gasteiger partial charge in [0.25, 0.3) is 0 Å². The number of methoxy groups -OCH3 is 1. The zero-order chi connectivity index (χ0) is 21.4. The number of aryl methyl sites for hydroxylation is 1. The summed E-state index contributed by atoms with van der Waals surface area (Å²) in [6.45, 7) is 0. The van der Waals surface area contributed by atoms with Crippen LogP contribution in [0.25, 0.3) is 22.3 Å². The maximum Gasteiger partial charge on any atom is 0.335 e. The molecule has 1 unspecified atom stereocenters. The van der Waals surface area contributed by atoms with E-state index in [4.69, 9.17) is 14.7 Å². The van der Waals surface area contributed by atoms with E-state index in [9.17, 15) is 9.90 Å². The van der Waals surface area contributed by atoms with Crippen LogP contribution in [0.2, 0.25) is 0 Å². The smallest absolute Gasteiger partial charge is 0.335 e. The molecule has 0 bridgehead atoms. The molecule has 0 fully saturated rings. The predicted molar refractivity (Wildman–Crippen MR) is 120 cm³/mol. The molecule has 6 nitrogen and oxygen atoms in total. The van der Waals surface area contributed by atoms with Crippen LogP contribution in [0.5, 0.6) is 5.75 Å². The monoisotopic (exact) mass is 411 g/mol. The van der Waals surface area contributed by atoms with Crippen LogP contribution < -0.4 is 10.1 Å². The lowest BCUT2D eigenvalue weighted by molar-refractivity contribution is 0.0697. The molecule has 0 radical (unpaired) electrons. The Morgan fingerprint density at radius 2 is 1.87 bits per heavy atom. The molecular weight excluding hydrogens is 390 g/mol. The van der Waals surface area contributed by atoms with Gasteiger partial charge in [-0.25, -0.2) is 14.8 Å². The van der Waals surface area contributed by atoms with Gasteiger partial charge in [-0.3, -0.25) is 0 Å². The highest BCUT2D eigenvalue weighted by molar-refractivity contribution is 5.92. The molecule has 0 saturated heterocycles. The zero-order valence-electron chi connectivity index (χ0n) is 17.0. The van der Waals surface area contributed by atoms with Gasteiger partial charge >= 0.3 is 5.97 Å². The van der Waals surface area contributed by atoms with Crippen LogP contribution in [0.15, 0.2) is 66.7 Å². The molecular formula is C25H21N3O3. The van der Waals surface area contributed by atoms with E-state index < -0.39 is 5.97 Å². The van der Waals surface area contributed by atoms with Crippen molar-refractivity contribution in [1.29, 1.82) is 0 Å². The molecule has 31 heavy (non-hydrogen) atoms. The summed E-state index contributed by atoms with van der Waals surface area (Å²) in [6, 6.07) is 20.8. The van der Waals surface area contributed by atoms with Crippen LogP contribution in [0, 0.1) is 0 Å². The Morgan fingerprint density at radius 3 is 2.65 bits per heavy atom. The lowest BCUT2D eigenvalue weighted by Gasteiger charge is -2.28. The van der Waals surface area contributed by atoms with E-state index in [1.54, 1.807) is 25.3 Å². The Morgan fingerprint density at radius 1 is 1.03 bits per heavy atom. The largest absolute Gasteiger partial charge is 0.497 e. The maximum atomic E-state index is 11.4. The maximum absolute atomic E-state index is 11.4. The third-order valence-corrected chi connectivity index (χ3v) is 5.66. The number of nitrogens with one attached hydrogen (secondary N) is 1. The topological polar surface area (TPSA) is 84.3 Å². The number of carboxylic acid groups (broad SMARTS) is 1. The molecule has 0 aliphatic carbocycles. The van der Waals surface area contributed by atoms with Crippen molar-refractivity contribution in [3.8, 4) is 17.0 Å². The minimum atomic E-state index is -0.976. The molecule has 0 amide bonds. The molecule has 1 aromatic heterocycles. The second-order valence-electron chi connectivity index (χ2n) is 7.59. The summed E-state index contributed by atoms with van der Waals surface area (Å²) in [7, 11) is 1.67. The number of aromatic nitrogens is 2. The van der Waals surface area contributed by atoms with Gasteiger partial charge in [0.15, 0.2) is 0 Å². The molecule has 3 aromatic carbocycles. The van der Waals surface area contributed by atoms with Crippen molar-refractivity contribution < 1.29 is 14.6 Å². The molecule has 2 N–H and O–H groups in total. The third kappa shape index (κ3) is 3.57. The van der Waals surface area contributed by atoms with Crippen molar-refractivity contribution in [2.24, 2.45) is 0 Å². The highest BCUT2D eigenvalue weighted by Gasteiger charge is 2.25. The van der Waals surface area contributed by atoms with Crippen molar-refractivity contribution >= 4 is 22.7 Å². The van der Waals surface area contributed by atoms with Gasteiger partial charge in [-0.1, -0.05) is 30.3 Å². The number of carboxylic acids is 1. The second kappa shape index (κ2) is 7.72. The number of aromatic carboxylic acids is 1. The normalized spacial score (nSPS) is 15.2. The molecule has 1 aliphatic heterocycles. The molecule has 154 valence electrons. The number of hydrogen-bond acceptors (Lipinski definition) is 5. The quantitative estimate of drug-likeness (QED) is 0.486. The van der Waals surface area contributed by atoms with Gasteiger partial charge in [0.2, 0.25) is 0 Å². The summed E-state index contributed by atoms with van der Waals surface area (Å²) in [4.78, 5) is 21.2.